The quantitative estimate of drug-likeness (QED) is 0.660. The predicted octanol–water partition coefficient (Wildman–Crippen LogP) is -0.371. The average molecular weight is 239 g/mol. The number of hydrogen-bond donors (Lipinski definition) is 0. The van der Waals surface area contributed by atoms with Gasteiger partial charge in [0.15, 0.2) is 0 Å². The van der Waals surface area contributed by atoms with Crippen LogP contribution < -0.4 is 0 Å². The summed E-state index contributed by atoms with van der Waals surface area (Å²) < 4.78 is 0. The van der Waals surface area contributed by atoms with Gasteiger partial charge in [-0.25, -0.2) is 0 Å². The zero-order chi connectivity index (χ0) is 12.4. The lowest BCUT2D eigenvalue weighted by Gasteiger charge is -2.42. The number of amides is 2. The molecule has 0 N–H and O–H groups in total. The summed E-state index contributed by atoms with van der Waals surface area (Å²) in [4.78, 5) is 29.2. The van der Waals surface area contributed by atoms with Crippen LogP contribution in [0.5, 0.6) is 0 Å². The van der Waals surface area contributed by atoms with E-state index in [4.69, 9.17) is 0 Å². The monoisotopic (exact) mass is 239 g/mol. The lowest BCUT2D eigenvalue weighted by molar-refractivity contribution is -0.148. The lowest BCUT2D eigenvalue weighted by atomic mass is 9.98. The first-order valence-electron chi connectivity index (χ1n) is 6.38. The Morgan fingerprint density at radius 2 is 1.65 bits per heavy atom. The molecule has 2 rings (SSSR count). The van der Waals surface area contributed by atoms with Crippen molar-refractivity contribution in [2.75, 3.05) is 45.8 Å². The Hall–Kier alpha value is -1.10. The fraction of sp³-hybridized carbons (Fsp3) is 0.833. The topological polar surface area (TPSA) is 43.9 Å². The van der Waals surface area contributed by atoms with Gasteiger partial charge < -0.3 is 14.7 Å². The smallest absolute Gasteiger partial charge is 0.229 e. The summed E-state index contributed by atoms with van der Waals surface area (Å²) in [6.45, 7) is 9.62. The van der Waals surface area contributed by atoms with Crippen LogP contribution in [0.2, 0.25) is 0 Å². The Bertz CT molecular complexity index is 305. The molecule has 0 aliphatic carbocycles. The second-order valence-corrected chi connectivity index (χ2v) is 4.88. The van der Waals surface area contributed by atoms with Gasteiger partial charge in [-0.15, -0.1) is 0 Å². The van der Waals surface area contributed by atoms with Crippen LogP contribution in [-0.2, 0) is 9.59 Å². The van der Waals surface area contributed by atoms with E-state index in [1.807, 2.05) is 4.90 Å². The van der Waals surface area contributed by atoms with Crippen molar-refractivity contribution in [3.63, 3.8) is 0 Å². The van der Waals surface area contributed by atoms with Gasteiger partial charge in [-0.05, 0) is 6.54 Å². The van der Waals surface area contributed by atoms with Gasteiger partial charge in [-0.1, -0.05) is 6.92 Å². The van der Waals surface area contributed by atoms with Crippen molar-refractivity contribution >= 4 is 11.8 Å². The molecule has 0 radical (unpaired) electrons. The molecule has 5 heteroatoms. The fourth-order valence-electron chi connectivity index (χ4n) is 2.43. The van der Waals surface area contributed by atoms with Gasteiger partial charge in [0.1, 0.15) is 0 Å². The number of piperazine rings is 1. The third kappa shape index (κ3) is 2.60. The number of likely N-dealkylation sites (N-methyl/N-ethyl adjacent to an activating group) is 1. The average Bonchev–Trinajstić information content (AvgIpc) is 2.26. The Morgan fingerprint density at radius 3 is 2.12 bits per heavy atom. The van der Waals surface area contributed by atoms with E-state index < -0.39 is 0 Å². The van der Waals surface area contributed by atoms with E-state index in [9.17, 15) is 9.59 Å². The molecule has 0 spiro atoms. The molecule has 2 aliphatic rings. The van der Waals surface area contributed by atoms with Crippen LogP contribution >= 0.6 is 0 Å². The second-order valence-electron chi connectivity index (χ2n) is 4.88. The van der Waals surface area contributed by atoms with Crippen molar-refractivity contribution in [1.29, 1.82) is 0 Å². The highest BCUT2D eigenvalue weighted by atomic mass is 16.2. The molecule has 17 heavy (non-hydrogen) atoms. The van der Waals surface area contributed by atoms with E-state index in [0.717, 1.165) is 32.7 Å². The molecule has 2 amide bonds. The molecule has 2 heterocycles. The van der Waals surface area contributed by atoms with E-state index in [-0.39, 0.29) is 17.7 Å². The summed E-state index contributed by atoms with van der Waals surface area (Å²) in [5.41, 5.74) is 0. The first-order valence-corrected chi connectivity index (χ1v) is 6.38. The molecule has 0 bridgehead atoms. The minimum absolute atomic E-state index is 0.0482. The largest absolute Gasteiger partial charge is 0.341 e. The van der Waals surface area contributed by atoms with Crippen LogP contribution in [-0.4, -0.2) is 72.3 Å². The molecule has 0 unspecified atom stereocenters. The van der Waals surface area contributed by atoms with Crippen molar-refractivity contribution in [1.82, 2.24) is 14.7 Å². The predicted molar refractivity (Wildman–Crippen MR) is 64.4 cm³/mol. The molecule has 96 valence electrons. The Balaban J connectivity index is 1.77. The van der Waals surface area contributed by atoms with E-state index in [0.29, 0.717) is 13.1 Å². The normalized spacial score (nSPS) is 22.5. The van der Waals surface area contributed by atoms with Crippen LogP contribution in [0.15, 0.2) is 0 Å². The molecule has 0 aromatic rings. The molecule has 0 saturated carbocycles. The van der Waals surface area contributed by atoms with Crippen molar-refractivity contribution in [2.45, 2.75) is 13.8 Å². The molecule has 5 nitrogen and oxygen atoms in total. The summed E-state index contributed by atoms with van der Waals surface area (Å²) in [6.07, 6.45) is 0. The van der Waals surface area contributed by atoms with Gasteiger partial charge in [-0.3, -0.25) is 9.59 Å². The second kappa shape index (κ2) is 5.04. The van der Waals surface area contributed by atoms with Crippen molar-refractivity contribution in [3.8, 4) is 0 Å². The maximum atomic E-state index is 12.1. The van der Waals surface area contributed by atoms with Crippen LogP contribution in [0, 0.1) is 5.92 Å². The van der Waals surface area contributed by atoms with E-state index in [1.54, 1.807) is 11.8 Å². The maximum absolute atomic E-state index is 12.1. The summed E-state index contributed by atoms with van der Waals surface area (Å²) in [5.74, 6) is 0.357. The minimum Gasteiger partial charge on any atom is -0.341 e. The van der Waals surface area contributed by atoms with Gasteiger partial charge in [0.25, 0.3) is 0 Å². The summed E-state index contributed by atoms with van der Waals surface area (Å²) in [5, 5.41) is 0. The van der Waals surface area contributed by atoms with Gasteiger partial charge in [0.2, 0.25) is 11.8 Å². The van der Waals surface area contributed by atoms with Crippen molar-refractivity contribution in [2.24, 2.45) is 5.92 Å². The highest BCUT2D eigenvalue weighted by Crippen LogP contribution is 2.19. The van der Waals surface area contributed by atoms with Crippen molar-refractivity contribution in [3.05, 3.63) is 0 Å². The van der Waals surface area contributed by atoms with Crippen LogP contribution in [0.4, 0.5) is 0 Å². The third-order valence-corrected chi connectivity index (χ3v) is 3.81. The Kier molecular flexibility index (Phi) is 3.66. The molecular formula is C12H21N3O2. The minimum atomic E-state index is 0.0482. The van der Waals surface area contributed by atoms with Gasteiger partial charge in [-0.2, -0.15) is 0 Å². The lowest BCUT2D eigenvalue weighted by Crippen LogP contribution is -2.58. The first-order chi connectivity index (χ1) is 8.11. The van der Waals surface area contributed by atoms with Crippen molar-refractivity contribution < 1.29 is 9.59 Å². The molecule has 2 aliphatic heterocycles. The third-order valence-electron chi connectivity index (χ3n) is 3.81. The number of hydrogen-bond acceptors (Lipinski definition) is 3. The summed E-state index contributed by atoms with van der Waals surface area (Å²) in [7, 11) is 0. The molecule has 0 aromatic heterocycles. The molecule has 0 atom stereocenters. The highest BCUT2D eigenvalue weighted by molar-refractivity contribution is 5.83. The molecular weight excluding hydrogens is 218 g/mol. The van der Waals surface area contributed by atoms with Crippen LogP contribution in [0.25, 0.3) is 0 Å². The van der Waals surface area contributed by atoms with Gasteiger partial charge in [0.05, 0.1) is 5.92 Å². The first kappa shape index (κ1) is 12.4. The van der Waals surface area contributed by atoms with E-state index in [1.165, 1.54) is 0 Å². The van der Waals surface area contributed by atoms with E-state index in [2.05, 4.69) is 11.8 Å². The number of nitrogens with zero attached hydrogens (tertiary/aromatic N) is 3. The number of carbonyl (C=O) groups excluding carboxylic acids is 2. The number of likely N-dealkylation sites (tertiary alicyclic amines) is 1. The summed E-state index contributed by atoms with van der Waals surface area (Å²) >= 11 is 0. The zero-order valence-electron chi connectivity index (χ0n) is 10.7. The van der Waals surface area contributed by atoms with Crippen LogP contribution in [0.3, 0.4) is 0 Å². The van der Waals surface area contributed by atoms with Gasteiger partial charge >= 0.3 is 0 Å². The standard InChI is InChI=1S/C12H21N3O2/c1-3-13-4-6-14(7-5-13)12(17)11-8-15(9-11)10(2)16/h11H,3-9H2,1-2H3. The number of carbonyl (C=O) groups is 2. The number of rotatable bonds is 2. The Morgan fingerprint density at radius 1 is 1.06 bits per heavy atom. The Labute approximate surface area is 102 Å². The fourth-order valence-corrected chi connectivity index (χ4v) is 2.43. The molecule has 2 saturated heterocycles. The van der Waals surface area contributed by atoms with Gasteiger partial charge in [0, 0.05) is 46.2 Å². The zero-order valence-corrected chi connectivity index (χ0v) is 10.7. The molecule has 0 aromatic carbocycles. The molecule has 2 fully saturated rings. The maximum Gasteiger partial charge on any atom is 0.229 e. The van der Waals surface area contributed by atoms with E-state index >= 15 is 0 Å². The SMILES string of the molecule is CCN1CCN(C(=O)C2CN(C(C)=O)C2)CC1. The summed E-state index contributed by atoms with van der Waals surface area (Å²) in [6, 6.07) is 0. The van der Waals surface area contributed by atoms with Crippen LogP contribution in [0.1, 0.15) is 13.8 Å². The highest BCUT2D eigenvalue weighted by Gasteiger charge is 2.37.